The highest BCUT2D eigenvalue weighted by molar-refractivity contribution is 6.15. The molecule has 0 radical (unpaired) electrons. The summed E-state index contributed by atoms with van der Waals surface area (Å²) in [6.45, 7) is 11.2. The average molecular weight is 353 g/mol. The van der Waals surface area contributed by atoms with Crippen molar-refractivity contribution in [1.82, 2.24) is 5.32 Å². The smallest absolute Gasteiger partial charge is 0.221 e. The Morgan fingerprint density at radius 2 is 1.77 bits per heavy atom. The molecule has 0 saturated heterocycles. The van der Waals surface area contributed by atoms with E-state index < -0.39 is 17.4 Å². The van der Waals surface area contributed by atoms with Crippen LogP contribution < -0.4 is 5.32 Å². The molecular weight excluding hydrogens is 326 g/mol. The molecule has 0 heterocycles. The number of amides is 1. The molecule has 2 atom stereocenters. The Hall–Kier alpha value is -2.41. The summed E-state index contributed by atoms with van der Waals surface area (Å²) in [6.07, 6.45) is 0.156. The predicted octanol–water partition coefficient (Wildman–Crippen LogP) is 3.16. The normalized spacial score (nSPS) is 19.9. The molecule has 1 aromatic rings. The minimum atomic E-state index is -0.739. The lowest BCUT2D eigenvalue weighted by Gasteiger charge is -2.21. The number of aryl methyl sites for hydroxylation is 3. The number of nitrogens with one attached hydrogen (secondary N) is 1. The molecule has 1 aliphatic carbocycles. The van der Waals surface area contributed by atoms with Crippen LogP contribution in [-0.4, -0.2) is 23.0 Å². The molecular formula is C22H27NO3. The number of Topliss-reactive ketones (excluding diaryl/α,β-unsaturated/α-hetero) is 2. The molecule has 1 saturated carbocycles. The lowest BCUT2D eigenvalue weighted by Crippen LogP contribution is -2.43. The molecule has 4 nitrogen and oxygen atoms in total. The van der Waals surface area contributed by atoms with Crippen LogP contribution in [0.1, 0.15) is 61.8 Å². The number of rotatable bonds is 4. The highest BCUT2D eigenvalue weighted by atomic mass is 16.2. The van der Waals surface area contributed by atoms with Crippen LogP contribution in [0.15, 0.2) is 12.1 Å². The van der Waals surface area contributed by atoms with Crippen LogP contribution in [0.4, 0.5) is 0 Å². The lowest BCUT2D eigenvalue weighted by atomic mass is 9.86. The van der Waals surface area contributed by atoms with Gasteiger partial charge in [-0.3, -0.25) is 14.4 Å². The van der Waals surface area contributed by atoms with Crippen LogP contribution in [0.25, 0.3) is 0 Å². The van der Waals surface area contributed by atoms with E-state index >= 15 is 0 Å². The van der Waals surface area contributed by atoms with Gasteiger partial charge in [-0.05, 0) is 58.2 Å². The van der Waals surface area contributed by atoms with Crippen molar-refractivity contribution in [3.63, 3.8) is 0 Å². The van der Waals surface area contributed by atoms with Gasteiger partial charge >= 0.3 is 0 Å². The summed E-state index contributed by atoms with van der Waals surface area (Å²) in [6, 6.07) is 3.99. The van der Waals surface area contributed by atoms with Crippen LogP contribution in [0.3, 0.4) is 0 Å². The maximum absolute atomic E-state index is 12.9. The summed E-state index contributed by atoms with van der Waals surface area (Å²) in [7, 11) is 0. The third-order valence-corrected chi connectivity index (χ3v) is 4.80. The van der Waals surface area contributed by atoms with Crippen LogP contribution in [-0.2, 0) is 14.4 Å². The van der Waals surface area contributed by atoms with Crippen molar-refractivity contribution < 1.29 is 14.4 Å². The molecule has 1 N–H and O–H groups in total. The summed E-state index contributed by atoms with van der Waals surface area (Å²) < 4.78 is 0. The van der Waals surface area contributed by atoms with Gasteiger partial charge in [-0.2, -0.15) is 0 Å². The number of ketones is 2. The molecule has 1 amide bonds. The van der Waals surface area contributed by atoms with E-state index in [1.807, 2.05) is 46.8 Å². The summed E-state index contributed by atoms with van der Waals surface area (Å²) in [5.74, 6) is 3.93. The molecule has 0 aromatic heterocycles. The first-order chi connectivity index (χ1) is 12.1. The van der Waals surface area contributed by atoms with Gasteiger partial charge in [0.15, 0.2) is 5.78 Å². The highest BCUT2D eigenvalue weighted by Gasteiger charge is 2.44. The fraction of sp³-hybridized carbons (Fsp3) is 0.500. The first kappa shape index (κ1) is 19.9. The molecule has 0 bridgehead atoms. The molecule has 0 aliphatic heterocycles. The number of hydrogen-bond acceptors (Lipinski definition) is 3. The molecule has 1 aromatic carbocycles. The lowest BCUT2D eigenvalue weighted by molar-refractivity contribution is -0.129. The Labute approximate surface area is 155 Å². The van der Waals surface area contributed by atoms with Gasteiger partial charge in [0, 0.05) is 18.8 Å². The van der Waals surface area contributed by atoms with Crippen LogP contribution in [0.5, 0.6) is 0 Å². The molecule has 2 rings (SSSR count). The van der Waals surface area contributed by atoms with E-state index in [0.29, 0.717) is 0 Å². The van der Waals surface area contributed by atoms with E-state index in [-0.39, 0.29) is 30.3 Å². The van der Waals surface area contributed by atoms with Gasteiger partial charge in [0.1, 0.15) is 11.7 Å². The minimum absolute atomic E-state index is 0.0276. The zero-order valence-electron chi connectivity index (χ0n) is 16.4. The fourth-order valence-corrected chi connectivity index (χ4v) is 3.95. The molecule has 138 valence electrons. The second-order valence-corrected chi connectivity index (χ2v) is 7.77. The molecule has 1 fully saturated rings. The Bertz CT molecular complexity index is 801. The van der Waals surface area contributed by atoms with E-state index in [4.69, 9.17) is 0 Å². The number of carbonyl (C=O) groups is 3. The predicted molar refractivity (Wildman–Crippen MR) is 102 cm³/mol. The maximum atomic E-state index is 12.9. The topological polar surface area (TPSA) is 63.2 Å². The summed E-state index contributed by atoms with van der Waals surface area (Å²) in [5.41, 5.74) is 3.18. The summed E-state index contributed by atoms with van der Waals surface area (Å²) in [4.78, 5) is 37.8. The highest BCUT2D eigenvalue weighted by Crippen LogP contribution is 2.37. The second kappa shape index (κ2) is 7.45. The average Bonchev–Trinajstić information content (AvgIpc) is 2.73. The third kappa shape index (κ3) is 4.22. The van der Waals surface area contributed by atoms with Crippen molar-refractivity contribution in [2.75, 3.05) is 0 Å². The van der Waals surface area contributed by atoms with Crippen LogP contribution in [0, 0.1) is 38.5 Å². The van der Waals surface area contributed by atoms with Gasteiger partial charge in [0.25, 0.3) is 0 Å². The molecule has 4 heteroatoms. The van der Waals surface area contributed by atoms with Crippen molar-refractivity contribution in [2.24, 2.45) is 5.92 Å². The van der Waals surface area contributed by atoms with Gasteiger partial charge < -0.3 is 5.32 Å². The van der Waals surface area contributed by atoms with Gasteiger partial charge in [-0.25, -0.2) is 0 Å². The standard InChI is InChI=1S/C22H27NO3/c1-7-8-22(5,6)23-18(25)12-16-11-17(24)20(21(16)26)19-14(3)9-13(2)10-15(19)4/h9-10,16,20H,11-12H2,1-6H3,(H,23,25). The van der Waals surface area contributed by atoms with E-state index in [2.05, 4.69) is 17.2 Å². The van der Waals surface area contributed by atoms with Gasteiger partial charge in [0.2, 0.25) is 5.91 Å². The molecule has 0 spiro atoms. The summed E-state index contributed by atoms with van der Waals surface area (Å²) in [5, 5.41) is 2.83. The van der Waals surface area contributed by atoms with E-state index in [9.17, 15) is 14.4 Å². The van der Waals surface area contributed by atoms with Crippen molar-refractivity contribution in [2.45, 2.75) is 65.8 Å². The van der Waals surface area contributed by atoms with Gasteiger partial charge in [-0.15, -0.1) is 5.92 Å². The first-order valence-electron chi connectivity index (χ1n) is 8.95. The molecule has 26 heavy (non-hydrogen) atoms. The van der Waals surface area contributed by atoms with Gasteiger partial charge in [-0.1, -0.05) is 23.6 Å². The van der Waals surface area contributed by atoms with Crippen LogP contribution >= 0.6 is 0 Å². The Kier molecular flexibility index (Phi) is 5.71. The second-order valence-electron chi connectivity index (χ2n) is 7.77. The number of hydrogen-bond donors (Lipinski definition) is 1. The Morgan fingerprint density at radius 1 is 1.19 bits per heavy atom. The maximum Gasteiger partial charge on any atom is 0.221 e. The first-order valence-corrected chi connectivity index (χ1v) is 8.95. The Balaban J connectivity index is 2.19. The molecule has 1 aliphatic rings. The van der Waals surface area contributed by atoms with Crippen molar-refractivity contribution in [3.8, 4) is 11.8 Å². The monoisotopic (exact) mass is 353 g/mol. The van der Waals surface area contributed by atoms with Crippen molar-refractivity contribution in [1.29, 1.82) is 0 Å². The zero-order valence-corrected chi connectivity index (χ0v) is 16.4. The number of carbonyl (C=O) groups excluding carboxylic acids is 3. The third-order valence-electron chi connectivity index (χ3n) is 4.80. The van der Waals surface area contributed by atoms with E-state index in [0.717, 1.165) is 22.3 Å². The molecule has 2 unspecified atom stereocenters. The Morgan fingerprint density at radius 3 is 2.31 bits per heavy atom. The fourth-order valence-electron chi connectivity index (χ4n) is 3.95. The summed E-state index contributed by atoms with van der Waals surface area (Å²) >= 11 is 0. The van der Waals surface area contributed by atoms with Crippen LogP contribution in [0.2, 0.25) is 0 Å². The zero-order chi connectivity index (χ0) is 19.6. The van der Waals surface area contributed by atoms with Crippen molar-refractivity contribution in [3.05, 3.63) is 34.4 Å². The van der Waals surface area contributed by atoms with E-state index in [1.165, 1.54) is 0 Å². The minimum Gasteiger partial charge on any atom is -0.340 e. The van der Waals surface area contributed by atoms with E-state index in [1.54, 1.807) is 6.92 Å². The van der Waals surface area contributed by atoms with Crippen molar-refractivity contribution >= 4 is 17.5 Å². The van der Waals surface area contributed by atoms with Gasteiger partial charge in [0.05, 0.1) is 5.54 Å². The SMILES string of the molecule is CC#CC(C)(C)NC(=O)CC1CC(=O)C(c2c(C)cc(C)cc2C)C1=O. The number of benzene rings is 1. The largest absolute Gasteiger partial charge is 0.340 e. The quantitative estimate of drug-likeness (QED) is 0.668.